The van der Waals surface area contributed by atoms with Crippen LogP contribution >= 0.6 is 23.8 Å². The minimum absolute atomic E-state index is 0.0452. The van der Waals surface area contributed by atoms with Gasteiger partial charge in [-0.05, 0) is 36.8 Å². The van der Waals surface area contributed by atoms with Gasteiger partial charge in [0.05, 0.1) is 17.8 Å². The summed E-state index contributed by atoms with van der Waals surface area (Å²) in [5.74, 6) is 0.0135. The van der Waals surface area contributed by atoms with E-state index in [0.29, 0.717) is 17.9 Å². The maximum absolute atomic E-state index is 10.8. The number of hydrogen-bond donors (Lipinski definition) is 3. The smallest absolute Gasteiger partial charge is 0.255 e. The molecule has 0 aromatic heterocycles. The molecular formula is C12H15ClN4O3S. The van der Waals surface area contributed by atoms with Gasteiger partial charge in [-0.15, -0.1) is 0 Å². The molecule has 1 rings (SSSR count). The van der Waals surface area contributed by atoms with Crippen LogP contribution in [0.3, 0.4) is 0 Å². The van der Waals surface area contributed by atoms with E-state index in [-0.39, 0.29) is 22.5 Å². The number of rotatable bonds is 7. The summed E-state index contributed by atoms with van der Waals surface area (Å²) in [5.41, 5.74) is 13.3. The topological polar surface area (TPSA) is 112 Å². The van der Waals surface area contributed by atoms with Crippen LogP contribution in [-0.2, 0) is 4.79 Å². The normalized spacial score (nSPS) is 10.4. The standard InChI is InChI=1S/C12H15ClN4O3S/c1-2-19-9-4-7(5-16-17-12(15)21)3-8(13)11(9)20-6-10(14)18/h3-5H,2,6H2,1H3,(H2,14,18)(H3,15,17,21)/b16-5+. The van der Waals surface area contributed by atoms with Crippen LogP contribution in [-0.4, -0.2) is 30.4 Å². The molecule has 0 radical (unpaired) electrons. The summed E-state index contributed by atoms with van der Waals surface area (Å²) in [6, 6.07) is 3.24. The van der Waals surface area contributed by atoms with Crippen LogP contribution in [0.2, 0.25) is 5.02 Å². The van der Waals surface area contributed by atoms with Gasteiger partial charge in [-0.2, -0.15) is 5.10 Å². The summed E-state index contributed by atoms with van der Waals surface area (Å²) in [7, 11) is 0. The van der Waals surface area contributed by atoms with Crippen molar-refractivity contribution in [1.82, 2.24) is 5.43 Å². The zero-order chi connectivity index (χ0) is 15.8. The second-order valence-corrected chi connectivity index (χ2v) is 4.60. The molecule has 7 nitrogen and oxygen atoms in total. The molecule has 0 aliphatic carbocycles. The fourth-order valence-electron chi connectivity index (χ4n) is 1.38. The van der Waals surface area contributed by atoms with Gasteiger partial charge in [0.1, 0.15) is 0 Å². The Morgan fingerprint density at radius 2 is 2.19 bits per heavy atom. The summed E-state index contributed by atoms with van der Waals surface area (Å²) < 4.78 is 10.7. The van der Waals surface area contributed by atoms with E-state index in [9.17, 15) is 4.79 Å². The SMILES string of the molecule is CCOc1cc(/C=N/NC(N)=S)cc(Cl)c1OCC(N)=O. The molecule has 1 aromatic rings. The van der Waals surface area contributed by atoms with Crippen LogP contribution in [0.25, 0.3) is 0 Å². The molecule has 0 heterocycles. The monoisotopic (exact) mass is 330 g/mol. The van der Waals surface area contributed by atoms with Crippen molar-refractivity contribution in [3.8, 4) is 11.5 Å². The van der Waals surface area contributed by atoms with E-state index in [1.165, 1.54) is 6.21 Å². The highest BCUT2D eigenvalue weighted by atomic mass is 35.5. The Morgan fingerprint density at radius 3 is 2.76 bits per heavy atom. The van der Waals surface area contributed by atoms with Gasteiger partial charge in [-0.3, -0.25) is 10.2 Å². The van der Waals surface area contributed by atoms with Gasteiger partial charge >= 0.3 is 0 Å². The molecule has 21 heavy (non-hydrogen) atoms. The van der Waals surface area contributed by atoms with E-state index in [1.54, 1.807) is 19.1 Å². The van der Waals surface area contributed by atoms with Crippen molar-refractivity contribution in [3.63, 3.8) is 0 Å². The second-order valence-electron chi connectivity index (χ2n) is 3.75. The Balaban J connectivity index is 3.02. The van der Waals surface area contributed by atoms with Gasteiger partial charge in [0.15, 0.2) is 23.2 Å². The van der Waals surface area contributed by atoms with E-state index in [4.69, 9.17) is 32.5 Å². The molecule has 5 N–H and O–H groups in total. The van der Waals surface area contributed by atoms with Crippen LogP contribution in [0.5, 0.6) is 11.5 Å². The van der Waals surface area contributed by atoms with Gasteiger partial charge in [-0.1, -0.05) is 11.6 Å². The molecule has 114 valence electrons. The third-order valence-corrected chi connectivity index (χ3v) is 2.45. The van der Waals surface area contributed by atoms with Gasteiger partial charge in [0.25, 0.3) is 5.91 Å². The molecule has 1 aromatic carbocycles. The molecule has 0 atom stereocenters. The number of ether oxygens (including phenoxy) is 2. The van der Waals surface area contributed by atoms with Crippen LogP contribution in [0.1, 0.15) is 12.5 Å². The summed E-state index contributed by atoms with van der Waals surface area (Å²) in [4.78, 5) is 10.8. The first-order valence-corrected chi connectivity index (χ1v) is 6.68. The number of thiocarbonyl (C=S) groups is 1. The number of nitrogens with one attached hydrogen (secondary N) is 1. The lowest BCUT2D eigenvalue weighted by Crippen LogP contribution is -2.24. The summed E-state index contributed by atoms with van der Waals surface area (Å²) in [5, 5.41) is 4.13. The largest absolute Gasteiger partial charge is 0.490 e. The van der Waals surface area contributed by atoms with E-state index >= 15 is 0 Å². The average molecular weight is 331 g/mol. The fourth-order valence-corrected chi connectivity index (χ4v) is 1.71. The molecule has 0 unspecified atom stereocenters. The molecule has 1 amide bonds. The van der Waals surface area contributed by atoms with Crippen molar-refractivity contribution >= 4 is 41.1 Å². The lowest BCUT2D eigenvalue weighted by atomic mass is 10.2. The van der Waals surface area contributed by atoms with Crippen molar-refractivity contribution in [3.05, 3.63) is 22.7 Å². The number of nitrogens with two attached hydrogens (primary N) is 2. The number of nitrogens with zero attached hydrogens (tertiary/aromatic N) is 1. The summed E-state index contributed by atoms with van der Waals surface area (Å²) >= 11 is 10.7. The minimum Gasteiger partial charge on any atom is -0.490 e. The highest BCUT2D eigenvalue weighted by Crippen LogP contribution is 2.36. The number of halogens is 1. The average Bonchev–Trinajstić information content (AvgIpc) is 2.37. The Kier molecular flexibility index (Phi) is 6.70. The molecule has 0 saturated carbocycles. The molecule has 0 bridgehead atoms. The van der Waals surface area contributed by atoms with Gasteiger partial charge in [0.2, 0.25) is 0 Å². The maximum atomic E-state index is 10.8. The van der Waals surface area contributed by atoms with Crippen molar-refractivity contribution < 1.29 is 14.3 Å². The van der Waals surface area contributed by atoms with Crippen molar-refractivity contribution in [2.45, 2.75) is 6.92 Å². The fraction of sp³-hybridized carbons (Fsp3) is 0.250. The lowest BCUT2D eigenvalue weighted by molar-refractivity contribution is -0.119. The van der Waals surface area contributed by atoms with Gasteiger partial charge < -0.3 is 20.9 Å². The predicted molar refractivity (Wildman–Crippen MR) is 84.8 cm³/mol. The van der Waals surface area contributed by atoms with Crippen LogP contribution < -0.4 is 26.4 Å². The van der Waals surface area contributed by atoms with Crippen LogP contribution in [0.4, 0.5) is 0 Å². The van der Waals surface area contributed by atoms with E-state index < -0.39 is 5.91 Å². The maximum Gasteiger partial charge on any atom is 0.255 e. The van der Waals surface area contributed by atoms with Crippen LogP contribution in [0.15, 0.2) is 17.2 Å². The van der Waals surface area contributed by atoms with E-state index in [2.05, 4.69) is 22.7 Å². The number of benzene rings is 1. The molecule has 0 spiro atoms. The summed E-state index contributed by atoms with van der Waals surface area (Å²) in [6.45, 7) is 1.91. The predicted octanol–water partition coefficient (Wildman–Crippen LogP) is 0.770. The number of carbonyl (C=O) groups is 1. The Hall–Kier alpha value is -2.06. The van der Waals surface area contributed by atoms with E-state index in [0.717, 1.165) is 0 Å². The molecule has 9 heteroatoms. The molecule has 0 aliphatic heterocycles. The molecule has 0 aliphatic rings. The van der Waals surface area contributed by atoms with Crippen LogP contribution in [0, 0.1) is 0 Å². The number of carbonyl (C=O) groups excluding carboxylic acids is 1. The Morgan fingerprint density at radius 1 is 1.48 bits per heavy atom. The third kappa shape index (κ3) is 5.84. The van der Waals surface area contributed by atoms with Gasteiger partial charge in [-0.25, -0.2) is 0 Å². The molecule has 0 fully saturated rings. The number of hydrogen-bond acceptors (Lipinski definition) is 5. The zero-order valence-corrected chi connectivity index (χ0v) is 12.8. The summed E-state index contributed by atoms with van der Waals surface area (Å²) in [6.07, 6.45) is 1.46. The Bertz CT molecular complexity index is 566. The minimum atomic E-state index is -0.611. The molecular weight excluding hydrogens is 316 g/mol. The van der Waals surface area contributed by atoms with Crippen molar-refractivity contribution in [1.29, 1.82) is 0 Å². The Labute approximate surface area is 132 Å². The van der Waals surface area contributed by atoms with Crippen molar-refractivity contribution in [2.24, 2.45) is 16.6 Å². The number of hydrazone groups is 1. The second kappa shape index (κ2) is 8.28. The number of primary amides is 1. The first kappa shape index (κ1) is 17.0. The van der Waals surface area contributed by atoms with Crippen molar-refractivity contribution in [2.75, 3.05) is 13.2 Å². The quantitative estimate of drug-likeness (QED) is 0.387. The first-order valence-electron chi connectivity index (χ1n) is 5.90. The zero-order valence-electron chi connectivity index (χ0n) is 11.3. The van der Waals surface area contributed by atoms with E-state index in [1.807, 2.05) is 0 Å². The van der Waals surface area contributed by atoms with Gasteiger partial charge in [0, 0.05) is 0 Å². The highest BCUT2D eigenvalue weighted by Gasteiger charge is 2.13. The molecule has 0 saturated heterocycles. The number of amides is 1. The first-order chi connectivity index (χ1) is 9.93. The lowest BCUT2D eigenvalue weighted by Gasteiger charge is -2.13. The highest BCUT2D eigenvalue weighted by molar-refractivity contribution is 7.80. The third-order valence-electron chi connectivity index (χ3n) is 2.08.